The van der Waals surface area contributed by atoms with Crippen molar-refractivity contribution in [3.63, 3.8) is 0 Å². The number of hydrogen-bond acceptors (Lipinski definition) is 2. The molecule has 0 aliphatic heterocycles. The van der Waals surface area contributed by atoms with Gasteiger partial charge in [0.2, 0.25) is 0 Å². The number of nitrogens with two attached hydrogens (primary N) is 1. The van der Waals surface area contributed by atoms with Gasteiger partial charge in [0.25, 0.3) is 0 Å². The van der Waals surface area contributed by atoms with Crippen LogP contribution in [0.5, 0.6) is 0 Å². The van der Waals surface area contributed by atoms with E-state index >= 15 is 0 Å². The average Bonchev–Trinajstić information content (AvgIpc) is 3.16. The molecular formula is C15H24N2. The predicted molar refractivity (Wildman–Crippen MR) is 73.8 cm³/mol. The fraction of sp³-hybridized carbons (Fsp3) is 0.600. The molecule has 0 spiro atoms. The molecule has 2 N–H and O–H groups in total. The van der Waals surface area contributed by atoms with Crippen molar-refractivity contribution in [2.45, 2.75) is 58.2 Å². The average molecular weight is 232 g/mol. The summed E-state index contributed by atoms with van der Waals surface area (Å²) in [6.45, 7) is 5.60. The van der Waals surface area contributed by atoms with Crippen LogP contribution in [0.4, 0.5) is 5.69 Å². The van der Waals surface area contributed by atoms with Gasteiger partial charge < -0.3 is 5.73 Å². The highest BCUT2D eigenvalue weighted by Gasteiger charge is 2.32. The van der Waals surface area contributed by atoms with Crippen molar-refractivity contribution in [1.82, 2.24) is 4.90 Å². The molecule has 0 saturated heterocycles. The Bertz CT molecular complexity index is 354. The third-order valence-electron chi connectivity index (χ3n) is 3.84. The van der Waals surface area contributed by atoms with E-state index in [1.807, 2.05) is 12.1 Å². The molecule has 94 valence electrons. The highest BCUT2D eigenvalue weighted by atomic mass is 15.2. The van der Waals surface area contributed by atoms with Gasteiger partial charge in [0, 0.05) is 24.3 Å². The first-order valence-corrected chi connectivity index (χ1v) is 6.85. The van der Waals surface area contributed by atoms with Crippen molar-refractivity contribution >= 4 is 5.69 Å². The third kappa shape index (κ3) is 3.01. The molecular weight excluding hydrogens is 208 g/mol. The molecule has 1 fully saturated rings. The summed E-state index contributed by atoms with van der Waals surface area (Å²) in [6.07, 6.45) is 5.20. The Kier molecular flexibility index (Phi) is 4.06. The molecule has 0 heterocycles. The van der Waals surface area contributed by atoms with Gasteiger partial charge in [-0.05, 0) is 37.3 Å². The van der Waals surface area contributed by atoms with E-state index in [-0.39, 0.29) is 0 Å². The lowest BCUT2D eigenvalue weighted by molar-refractivity contribution is 0.167. The number of hydrogen-bond donors (Lipinski definition) is 1. The molecule has 2 rings (SSSR count). The molecule has 17 heavy (non-hydrogen) atoms. The Morgan fingerprint density at radius 1 is 1.24 bits per heavy atom. The smallest absolute Gasteiger partial charge is 0.0359 e. The van der Waals surface area contributed by atoms with Crippen molar-refractivity contribution in [1.29, 1.82) is 0 Å². The SMILES string of the molecule is CCC(CC)N(Cc1ccccc1N)C1CC1. The summed E-state index contributed by atoms with van der Waals surface area (Å²) in [5.74, 6) is 0. The van der Waals surface area contributed by atoms with E-state index in [1.54, 1.807) is 0 Å². The predicted octanol–water partition coefficient (Wildman–Crippen LogP) is 3.42. The van der Waals surface area contributed by atoms with Crippen LogP contribution in [-0.4, -0.2) is 17.0 Å². The zero-order valence-electron chi connectivity index (χ0n) is 11.0. The summed E-state index contributed by atoms with van der Waals surface area (Å²) in [7, 11) is 0. The number of anilines is 1. The lowest BCUT2D eigenvalue weighted by Crippen LogP contribution is -2.36. The molecule has 0 bridgehead atoms. The van der Waals surface area contributed by atoms with Crippen LogP contribution in [0.2, 0.25) is 0 Å². The second-order valence-corrected chi connectivity index (χ2v) is 5.07. The zero-order chi connectivity index (χ0) is 12.3. The summed E-state index contributed by atoms with van der Waals surface area (Å²) in [4.78, 5) is 2.66. The molecule has 2 nitrogen and oxygen atoms in total. The Morgan fingerprint density at radius 2 is 1.88 bits per heavy atom. The first kappa shape index (κ1) is 12.4. The summed E-state index contributed by atoms with van der Waals surface area (Å²) in [6, 6.07) is 9.78. The van der Waals surface area contributed by atoms with E-state index in [0.717, 1.165) is 18.3 Å². The maximum Gasteiger partial charge on any atom is 0.0359 e. The standard InChI is InChI=1S/C15H24N2/c1-3-13(4-2)17(14-9-10-14)11-12-7-5-6-8-15(12)16/h5-8,13-14H,3-4,9-11,16H2,1-2H3. The quantitative estimate of drug-likeness (QED) is 0.761. The summed E-state index contributed by atoms with van der Waals surface area (Å²) in [5, 5.41) is 0. The van der Waals surface area contributed by atoms with E-state index in [0.29, 0.717) is 6.04 Å². The molecule has 0 amide bonds. The van der Waals surface area contributed by atoms with Crippen molar-refractivity contribution in [2.75, 3.05) is 5.73 Å². The van der Waals surface area contributed by atoms with Gasteiger partial charge in [-0.1, -0.05) is 32.0 Å². The van der Waals surface area contributed by atoms with Crippen molar-refractivity contribution in [2.24, 2.45) is 0 Å². The van der Waals surface area contributed by atoms with Crippen molar-refractivity contribution < 1.29 is 0 Å². The molecule has 1 saturated carbocycles. The number of nitrogens with zero attached hydrogens (tertiary/aromatic N) is 1. The minimum atomic E-state index is 0.710. The molecule has 0 radical (unpaired) electrons. The van der Waals surface area contributed by atoms with Gasteiger partial charge in [-0.25, -0.2) is 0 Å². The number of para-hydroxylation sites is 1. The molecule has 1 aliphatic rings. The van der Waals surface area contributed by atoms with Gasteiger partial charge >= 0.3 is 0 Å². The summed E-state index contributed by atoms with van der Waals surface area (Å²) >= 11 is 0. The van der Waals surface area contributed by atoms with Gasteiger partial charge in [-0.3, -0.25) is 4.90 Å². The highest BCUT2D eigenvalue weighted by molar-refractivity contribution is 5.46. The number of nitrogen functional groups attached to an aromatic ring is 1. The van der Waals surface area contributed by atoms with Crippen LogP contribution in [0.25, 0.3) is 0 Å². The van der Waals surface area contributed by atoms with Crippen molar-refractivity contribution in [3.8, 4) is 0 Å². The van der Waals surface area contributed by atoms with E-state index < -0.39 is 0 Å². The molecule has 0 atom stereocenters. The van der Waals surface area contributed by atoms with Crippen LogP contribution in [0, 0.1) is 0 Å². The van der Waals surface area contributed by atoms with E-state index in [9.17, 15) is 0 Å². The molecule has 1 aromatic carbocycles. The van der Waals surface area contributed by atoms with Crippen molar-refractivity contribution in [3.05, 3.63) is 29.8 Å². The normalized spacial score (nSPS) is 15.8. The maximum atomic E-state index is 6.05. The minimum absolute atomic E-state index is 0.710. The van der Waals surface area contributed by atoms with Gasteiger partial charge in [0.05, 0.1) is 0 Å². The van der Waals surface area contributed by atoms with E-state index in [4.69, 9.17) is 5.73 Å². The van der Waals surface area contributed by atoms with E-state index in [1.165, 1.54) is 31.2 Å². The van der Waals surface area contributed by atoms with Crippen LogP contribution in [0.3, 0.4) is 0 Å². The molecule has 2 heteroatoms. The summed E-state index contributed by atoms with van der Waals surface area (Å²) < 4.78 is 0. The molecule has 1 aliphatic carbocycles. The largest absolute Gasteiger partial charge is 0.398 e. The molecule has 0 unspecified atom stereocenters. The van der Waals surface area contributed by atoms with Gasteiger partial charge in [0.15, 0.2) is 0 Å². The van der Waals surface area contributed by atoms with Crippen LogP contribution >= 0.6 is 0 Å². The Hall–Kier alpha value is -1.02. The molecule has 0 aromatic heterocycles. The highest BCUT2D eigenvalue weighted by Crippen LogP contribution is 2.32. The van der Waals surface area contributed by atoms with Crippen LogP contribution in [0.15, 0.2) is 24.3 Å². The van der Waals surface area contributed by atoms with E-state index in [2.05, 4.69) is 30.9 Å². The monoisotopic (exact) mass is 232 g/mol. The molecule has 1 aromatic rings. The maximum absolute atomic E-state index is 6.05. The first-order valence-electron chi connectivity index (χ1n) is 6.85. The number of rotatable bonds is 6. The first-order chi connectivity index (χ1) is 8.26. The van der Waals surface area contributed by atoms with Gasteiger partial charge in [0.1, 0.15) is 0 Å². The van der Waals surface area contributed by atoms with Crippen LogP contribution in [-0.2, 0) is 6.54 Å². The fourth-order valence-corrected chi connectivity index (χ4v) is 2.60. The lowest BCUT2D eigenvalue weighted by atomic mass is 10.1. The third-order valence-corrected chi connectivity index (χ3v) is 3.84. The topological polar surface area (TPSA) is 29.3 Å². The number of benzene rings is 1. The lowest BCUT2D eigenvalue weighted by Gasteiger charge is -2.31. The minimum Gasteiger partial charge on any atom is -0.398 e. The fourth-order valence-electron chi connectivity index (χ4n) is 2.60. The second kappa shape index (κ2) is 5.54. The Morgan fingerprint density at radius 3 is 2.41 bits per heavy atom. The Labute approximate surface area is 105 Å². The summed E-state index contributed by atoms with van der Waals surface area (Å²) in [5.41, 5.74) is 8.26. The van der Waals surface area contributed by atoms with Gasteiger partial charge in [-0.15, -0.1) is 0 Å². The second-order valence-electron chi connectivity index (χ2n) is 5.07. The van der Waals surface area contributed by atoms with Crippen LogP contribution < -0.4 is 5.73 Å². The van der Waals surface area contributed by atoms with Crippen LogP contribution in [0.1, 0.15) is 45.1 Å². The Balaban J connectivity index is 2.10. The zero-order valence-corrected chi connectivity index (χ0v) is 11.0. The van der Waals surface area contributed by atoms with Gasteiger partial charge in [-0.2, -0.15) is 0 Å².